The first-order valence-electron chi connectivity index (χ1n) is 9.46. The molecular weight excluding hydrogens is 366 g/mol. The van der Waals surface area contributed by atoms with Crippen LogP contribution in [0.1, 0.15) is 12.3 Å². The molecule has 6 heteroatoms. The summed E-state index contributed by atoms with van der Waals surface area (Å²) >= 11 is 0. The number of nitrogens with one attached hydrogen (secondary N) is 1. The van der Waals surface area contributed by atoms with Crippen molar-refractivity contribution in [2.24, 2.45) is 0 Å². The summed E-state index contributed by atoms with van der Waals surface area (Å²) in [7, 11) is 1.62. The Kier molecular flexibility index (Phi) is 5.24. The molecule has 29 heavy (non-hydrogen) atoms. The van der Waals surface area contributed by atoms with Gasteiger partial charge in [0, 0.05) is 31.0 Å². The highest BCUT2D eigenvalue weighted by Gasteiger charge is 2.15. The predicted molar refractivity (Wildman–Crippen MR) is 113 cm³/mol. The molecule has 0 aliphatic rings. The smallest absolute Gasteiger partial charge is 0.243 e. The summed E-state index contributed by atoms with van der Waals surface area (Å²) in [5.74, 6) is 0.146. The van der Waals surface area contributed by atoms with Crippen LogP contribution in [0.25, 0.3) is 21.9 Å². The lowest BCUT2D eigenvalue weighted by Gasteiger charge is -2.17. The molecule has 0 fully saturated rings. The van der Waals surface area contributed by atoms with Gasteiger partial charge in [-0.25, -0.2) is 4.98 Å². The third-order valence-corrected chi connectivity index (χ3v) is 4.76. The lowest BCUT2D eigenvalue weighted by Crippen LogP contribution is -2.35. The molecule has 3 aromatic carbocycles. The van der Waals surface area contributed by atoms with Gasteiger partial charge in [-0.3, -0.25) is 9.59 Å². The van der Waals surface area contributed by atoms with Gasteiger partial charge >= 0.3 is 0 Å². The Morgan fingerprint density at radius 1 is 1.00 bits per heavy atom. The molecule has 0 atom stereocenters. The monoisotopic (exact) mass is 387 g/mol. The van der Waals surface area contributed by atoms with E-state index in [1.54, 1.807) is 7.05 Å². The van der Waals surface area contributed by atoms with E-state index in [9.17, 15) is 9.59 Å². The number of carbonyl (C=O) groups excluding carboxylic acids is 2. The summed E-state index contributed by atoms with van der Waals surface area (Å²) in [6.07, 6.45) is 0.619. The Hall–Kier alpha value is -3.67. The second-order valence-corrected chi connectivity index (χ2v) is 6.90. The maximum atomic E-state index is 12.4. The lowest BCUT2D eigenvalue weighted by molar-refractivity contribution is -0.133. The van der Waals surface area contributed by atoms with Crippen molar-refractivity contribution >= 4 is 39.4 Å². The second kappa shape index (κ2) is 8.14. The summed E-state index contributed by atoms with van der Waals surface area (Å²) in [5, 5.41) is 4.91. The quantitative estimate of drug-likeness (QED) is 0.542. The molecule has 1 N–H and O–H groups in total. The summed E-state index contributed by atoms with van der Waals surface area (Å²) in [4.78, 5) is 30.6. The van der Waals surface area contributed by atoms with E-state index in [0.29, 0.717) is 17.9 Å². The number of likely N-dealkylation sites (N-methyl/N-ethyl adjacent to an activating group) is 1. The fourth-order valence-corrected chi connectivity index (χ4v) is 3.26. The van der Waals surface area contributed by atoms with E-state index < -0.39 is 0 Å². The second-order valence-electron chi connectivity index (χ2n) is 6.90. The van der Waals surface area contributed by atoms with Crippen molar-refractivity contribution in [2.75, 3.05) is 18.9 Å². The number of anilines is 1. The summed E-state index contributed by atoms with van der Waals surface area (Å²) in [6, 6.07) is 21.1. The van der Waals surface area contributed by atoms with E-state index in [1.165, 1.54) is 4.90 Å². The van der Waals surface area contributed by atoms with Gasteiger partial charge in [0.1, 0.15) is 5.52 Å². The molecule has 1 aromatic heterocycles. The molecule has 146 valence electrons. The zero-order chi connectivity index (χ0) is 20.2. The Morgan fingerprint density at radius 2 is 1.76 bits per heavy atom. The van der Waals surface area contributed by atoms with Crippen LogP contribution >= 0.6 is 0 Å². The summed E-state index contributed by atoms with van der Waals surface area (Å²) in [5.41, 5.74) is 2.22. The van der Waals surface area contributed by atoms with Crippen molar-refractivity contribution in [1.29, 1.82) is 0 Å². The molecule has 4 aromatic rings. The molecule has 0 saturated carbocycles. The first-order chi connectivity index (χ1) is 14.1. The number of rotatable bonds is 6. The number of hydrogen-bond acceptors (Lipinski definition) is 4. The van der Waals surface area contributed by atoms with Crippen LogP contribution < -0.4 is 5.32 Å². The van der Waals surface area contributed by atoms with Gasteiger partial charge in [-0.2, -0.15) is 0 Å². The van der Waals surface area contributed by atoms with Crippen LogP contribution in [-0.2, 0) is 16.0 Å². The zero-order valence-corrected chi connectivity index (χ0v) is 16.1. The van der Waals surface area contributed by atoms with Crippen molar-refractivity contribution in [3.8, 4) is 0 Å². The van der Waals surface area contributed by atoms with Crippen molar-refractivity contribution in [3.05, 3.63) is 72.6 Å². The van der Waals surface area contributed by atoms with Crippen molar-refractivity contribution in [1.82, 2.24) is 9.88 Å². The molecule has 6 nitrogen and oxygen atoms in total. The molecule has 0 bridgehead atoms. The van der Waals surface area contributed by atoms with E-state index in [1.807, 2.05) is 66.7 Å². The van der Waals surface area contributed by atoms with E-state index in [2.05, 4.69) is 10.3 Å². The molecular formula is C23H21N3O3. The van der Waals surface area contributed by atoms with Gasteiger partial charge in [-0.15, -0.1) is 0 Å². The van der Waals surface area contributed by atoms with Gasteiger partial charge in [0.25, 0.3) is 0 Å². The van der Waals surface area contributed by atoms with Crippen molar-refractivity contribution < 1.29 is 14.0 Å². The SMILES string of the molecule is CN(CC(=O)Nc1cccc2ccccc12)C(=O)CCc1nc2ccccc2o1. The first kappa shape index (κ1) is 18.7. The number of oxazole rings is 1. The Bertz CT molecular complexity index is 1140. The Labute approximate surface area is 168 Å². The number of amides is 2. The van der Waals surface area contributed by atoms with Gasteiger partial charge in [0.2, 0.25) is 11.8 Å². The third-order valence-electron chi connectivity index (χ3n) is 4.76. The lowest BCUT2D eigenvalue weighted by atomic mass is 10.1. The maximum Gasteiger partial charge on any atom is 0.243 e. The molecule has 1 heterocycles. The number of aromatic nitrogens is 1. The summed E-state index contributed by atoms with van der Waals surface area (Å²) in [6.45, 7) is -0.0182. The molecule has 0 radical (unpaired) electrons. The average Bonchev–Trinajstić information content (AvgIpc) is 3.15. The standard InChI is InChI=1S/C23H21N3O3/c1-26(23(28)14-13-22-25-19-10-4-5-12-20(19)29-22)15-21(27)24-18-11-6-8-16-7-2-3-9-17(16)18/h2-12H,13-15H2,1H3,(H,24,27). The normalized spacial score (nSPS) is 10.9. The number of aryl methyl sites for hydroxylation is 1. The number of nitrogens with zero attached hydrogens (tertiary/aromatic N) is 2. The zero-order valence-electron chi connectivity index (χ0n) is 16.1. The number of fused-ring (bicyclic) bond motifs is 2. The first-order valence-corrected chi connectivity index (χ1v) is 9.46. The van der Waals surface area contributed by atoms with Crippen LogP contribution in [0.3, 0.4) is 0 Å². The molecule has 0 spiro atoms. The predicted octanol–water partition coefficient (Wildman–Crippen LogP) is 4.01. The largest absolute Gasteiger partial charge is 0.441 e. The van der Waals surface area contributed by atoms with Crippen LogP contribution in [0.2, 0.25) is 0 Å². The number of benzene rings is 3. The van der Waals surface area contributed by atoms with Gasteiger partial charge in [-0.05, 0) is 23.6 Å². The number of carbonyl (C=O) groups is 2. The maximum absolute atomic E-state index is 12.4. The van der Waals surface area contributed by atoms with Crippen LogP contribution in [0, 0.1) is 0 Å². The molecule has 2 amide bonds. The molecule has 4 rings (SSSR count). The Balaban J connectivity index is 1.33. The van der Waals surface area contributed by atoms with E-state index >= 15 is 0 Å². The molecule has 0 aliphatic carbocycles. The Morgan fingerprint density at radius 3 is 2.62 bits per heavy atom. The molecule has 0 unspecified atom stereocenters. The van der Waals surface area contributed by atoms with Crippen molar-refractivity contribution in [3.63, 3.8) is 0 Å². The molecule has 0 saturated heterocycles. The van der Waals surface area contributed by atoms with Gasteiger partial charge in [-0.1, -0.05) is 48.5 Å². The minimum absolute atomic E-state index is 0.0182. The number of hydrogen-bond donors (Lipinski definition) is 1. The van der Waals surface area contributed by atoms with Crippen LogP contribution in [0.4, 0.5) is 5.69 Å². The fourth-order valence-electron chi connectivity index (χ4n) is 3.26. The van der Waals surface area contributed by atoms with Gasteiger partial charge in [0.15, 0.2) is 11.5 Å². The van der Waals surface area contributed by atoms with Crippen LogP contribution in [0.15, 0.2) is 71.1 Å². The highest BCUT2D eigenvalue weighted by atomic mass is 16.3. The van der Waals surface area contributed by atoms with E-state index in [-0.39, 0.29) is 24.8 Å². The van der Waals surface area contributed by atoms with E-state index in [0.717, 1.165) is 22.0 Å². The highest BCUT2D eigenvalue weighted by molar-refractivity contribution is 6.03. The van der Waals surface area contributed by atoms with Crippen LogP contribution in [-0.4, -0.2) is 35.3 Å². The van der Waals surface area contributed by atoms with E-state index in [4.69, 9.17) is 4.42 Å². The van der Waals surface area contributed by atoms with Crippen molar-refractivity contribution in [2.45, 2.75) is 12.8 Å². The highest BCUT2D eigenvalue weighted by Crippen LogP contribution is 2.23. The molecule has 0 aliphatic heterocycles. The number of para-hydroxylation sites is 2. The van der Waals surface area contributed by atoms with Gasteiger partial charge in [0.05, 0.1) is 6.54 Å². The van der Waals surface area contributed by atoms with Gasteiger partial charge < -0.3 is 14.6 Å². The third kappa shape index (κ3) is 4.27. The minimum Gasteiger partial charge on any atom is -0.441 e. The average molecular weight is 387 g/mol. The minimum atomic E-state index is -0.237. The summed E-state index contributed by atoms with van der Waals surface area (Å²) < 4.78 is 5.64. The fraction of sp³-hybridized carbons (Fsp3) is 0.174. The topological polar surface area (TPSA) is 75.4 Å². The van der Waals surface area contributed by atoms with Crippen LogP contribution in [0.5, 0.6) is 0 Å².